The average Bonchev–Trinajstić information content (AvgIpc) is 2.80. The number of amides is 1. The summed E-state index contributed by atoms with van der Waals surface area (Å²) in [6, 6.07) is 0.813. The molecule has 1 atom stereocenters. The maximum Gasteiger partial charge on any atom is 0.217 e. The normalized spacial score (nSPS) is 18.2. The molecule has 7 heteroatoms. The number of hydrogen-bond donors (Lipinski definition) is 2. The number of hydrogen-bond acceptors (Lipinski definition) is 4. The Morgan fingerprint density at radius 2 is 2.25 bits per heavy atom. The van der Waals surface area contributed by atoms with E-state index in [1.807, 2.05) is 6.92 Å². The van der Waals surface area contributed by atoms with Crippen LogP contribution in [0.4, 0.5) is 20.4 Å². The van der Waals surface area contributed by atoms with Gasteiger partial charge in [-0.05, 0) is 13.3 Å². The van der Waals surface area contributed by atoms with Crippen molar-refractivity contribution in [2.75, 3.05) is 29.9 Å². The molecule has 0 spiro atoms. The maximum absolute atomic E-state index is 13.9. The number of aromatic nitrogens is 1. The fourth-order valence-electron chi connectivity index (χ4n) is 2.33. The Labute approximate surface area is 116 Å². The molecule has 0 aromatic carbocycles. The first-order chi connectivity index (χ1) is 9.51. The van der Waals surface area contributed by atoms with E-state index in [0.717, 1.165) is 6.07 Å². The summed E-state index contributed by atoms with van der Waals surface area (Å²) < 4.78 is 27.4. The molecule has 1 aliphatic heterocycles. The van der Waals surface area contributed by atoms with E-state index < -0.39 is 11.6 Å². The Balaban J connectivity index is 2.16. The lowest BCUT2D eigenvalue weighted by Gasteiger charge is -2.19. The van der Waals surface area contributed by atoms with E-state index in [-0.39, 0.29) is 23.6 Å². The zero-order valence-corrected chi connectivity index (χ0v) is 11.5. The smallest absolute Gasteiger partial charge is 0.217 e. The van der Waals surface area contributed by atoms with Crippen molar-refractivity contribution in [1.82, 2.24) is 10.3 Å². The molecule has 0 aliphatic carbocycles. The van der Waals surface area contributed by atoms with Gasteiger partial charge in [-0.3, -0.25) is 4.79 Å². The first kappa shape index (κ1) is 14.5. The van der Waals surface area contributed by atoms with E-state index in [1.54, 1.807) is 4.90 Å². The molecular formula is C13H18F2N4O. The summed E-state index contributed by atoms with van der Waals surface area (Å²) in [4.78, 5) is 16.7. The lowest BCUT2D eigenvalue weighted by atomic mass is 10.2. The van der Waals surface area contributed by atoms with Gasteiger partial charge in [0, 0.05) is 38.7 Å². The Morgan fingerprint density at radius 1 is 1.50 bits per heavy atom. The van der Waals surface area contributed by atoms with Crippen molar-refractivity contribution in [3.05, 3.63) is 17.7 Å². The lowest BCUT2D eigenvalue weighted by molar-refractivity contribution is -0.119. The monoisotopic (exact) mass is 284 g/mol. The average molecular weight is 284 g/mol. The Morgan fingerprint density at radius 3 is 2.90 bits per heavy atom. The van der Waals surface area contributed by atoms with Crippen LogP contribution in [0.25, 0.3) is 0 Å². The molecule has 110 valence electrons. The second-order valence-corrected chi connectivity index (χ2v) is 4.79. The summed E-state index contributed by atoms with van der Waals surface area (Å²) >= 11 is 0. The highest BCUT2D eigenvalue weighted by Crippen LogP contribution is 2.25. The highest BCUT2D eigenvalue weighted by atomic mass is 19.1. The van der Waals surface area contributed by atoms with Crippen LogP contribution in [-0.4, -0.2) is 36.6 Å². The third kappa shape index (κ3) is 3.15. The summed E-state index contributed by atoms with van der Waals surface area (Å²) in [6.07, 6.45) is 0.717. The van der Waals surface area contributed by atoms with Crippen LogP contribution in [0.2, 0.25) is 0 Å². The first-order valence-corrected chi connectivity index (χ1v) is 6.63. The third-order valence-corrected chi connectivity index (χ3v) is 3.15. The standard InChI is InChI=1S/C13H18F2N4O/c1-3-16-12-10(14)6-11(15)13(18-12)19-5-4-9(7-19)17-8(2)20/h6,9H,3-5,7H2,1-2H3,(H,16,18)(H,17,20). The van der Waals surface area contributed by atoms with E-state index in [2.05, 4.69) is 15.6 Å². The molecule has 0 bridgehead atoms. The van der Waals surface area contributed by atoms with Crippen molar-refractivity contribution in [2.24, 2.45) is 0 Å². The van der Waals surface area contributed by atoms with Gasteiger partial charge in [0.25, 0.3) is 0 Å². The Bertz CT molecular complexity index is 509. The summed E-state index contributed by atoms with van der Waals surface area (Å²) in [6.45, 7) is 4.81. The number of carbonyl (C=O) groups excluding carboxylic acids is 1. The molecule has 1 fully saturated rings. The van der Waals surface area contributed by atoms with Gasteiger partial charge in [0.1, 0.15) is 0 Å². The van der Waals surface area contributed by atoms with Crippen LogP contribution >= 0.6 is 0 Å². The van der Waals surface area contributed by atoms with Crippen molar-refractivity contribution in [1.29, 1.82) is 0 Å². The van der Waals surface area contributed by atoms with E-state index in [9.17, 15) is 13.6 Å². The van der Waals surface area contributed by atoms with Crippen LogP contribution in [0.1, 0.15) is 20.3 Å². The molecule has 1 aromatic rings. The molecule has 1 saturated heterocycles. The fourth-order valence-corrected chi connectivity index (χ4v) is 2.33. The van der Waals surface area contributed by atoms with Crippen LogP contribution in [0.5, 0.6) is 0 Å². The van der Waals surface area contributed by atoms with Crippen molar-refractivity contribution in [3.63, 3.8) is 0 Å². The van der Waals surface area contributed by atoms with Crippen LogP contribution < -0.4 is 15.5 Å². The number of rotatable bonds is 4. The van der Waals surface area contributed by atoms with E-state index >= 15 is 0 Å². The van der Waals surface area contributed by atoms with E-state index in [0.29, 0.717) is 26.1 Å². The summed E-state index contributed by atoms with van der Waals surface area (Å²) in [5.41, 5.74) is 0. The molecule has 2 N–H and O–H groups in total. The van der Waals surface area contributed by atoms with Crippen molar-refractivity contribution in [2.45, 2.75) is 26.3 Å². The largest absolute Gasteiger partial charge is 0.368 e. The van der Waals surface area contributed by atoms with Crippen LogP contribution in [0.15, 0.2) is 6.07 Å². The zero-order valence-electron chi connectivity index (χ0n) is 11.5. The molecule has 0 saturated carbocycles. The molecule has 1 unspecified atom stereocenters. The van der Waals surface area contributed by atoms with Gasteiger partial charge in [-0.2, -0.15) is 0 Å². The van der Waals surface area contributed by atoms with Crippen molar-refractivity contribution in [3.8, 4) is 0 Å². The predicted octanol–water partition coefficient (Wildman–Crippen LogP) is 1.51. The molecular weight excluding hydrogens is 266 g/mol. The van der Waals surface area contributed by atoms with Gasteiger partial charge in [-0.25, -0.2) is 13.8 Å². The topological polar surface area (TPSA) is 57.3 Å². The zero-order chi connectivity index (χ0) is 14.7. The maximum atomic E-state index is 13.9. The molecule has 5 nitrogen and oxygen atoms in total. The summed E-state index contributed by atoms with van der Waals surface area (Å²) in [5, 5.41) is 5.55. The van der Waals surface area contributed by atoms with Gasteiger partial charge >= 0.3 is 0 Å². The lowest BCUT2D eigenvalue weighted by Crippen LogP contribution is -2.36. The van der Waals surface area contributed by atoms with E-state index in [4.69, 9.17) is 0 Å². The predicted molar refractivity (Wildman–Crippen MR) is 72.8 cm³/mol. The quantitative estimate of drug-likeness (QED) is 0.880. The number of nitrogens with zero attached hydrogens (tertiary/aromatic N) is 2. The highest BCUT2D eigenvalue weighted by Gasteiger charge is 2.27. The molecule has 1 aliphatic rings. The van der Waals surface area contributed by atoms with Crippen LogP contribution in [0.3, 0.4) is 0 Å². The number of anilines is 2. The van der Waals surface area contributed by atoms with Gasteiger partial charge < -0.3 is 15.5 Å². The van der Waals surface area contributed by atoms with Gasteiger partial charge in [0.05, 0.1) is 0 Å². The summed E-state index contributed by atoms with van der Waals surface area (Å²) in [7, 11) is 0. The molecule has 2 heterocycles. The number of carbonyl (C=O) groups is 1. The van der Waals surface area contributed by atoms with Gasteiger partial charge in [-0.1, -0.05) is 0 Å². The summed E-state index contributed by atoms with van der Waals surface area (Å²) in [5.74, 6) is -1.34. The minimum Gasteiger partial charge on any atom is -0.368 e. The Kier molecular flexibility index (Phi) is 4.36. The third-order valence-electron chi connectivity index (χ3n) is 3.15. The second kappa shape index (κ2) is 6.02. The molecule has 1 amide bonds. The first-order valence-electron chi connectivity index (χ1n) is 6.63. The number of pyridine rings is 1. The van der Waals surface area contributed by atoms with Gasteiger partial charge in [0.2, 0.25) is 5.91 Å². The SMILES string of the molecule is CCNc1nc(N2CCC(NC(C)=O)C2)c(F)cc1F. The van der Waals surface area contributed by atoms with Crippen LogP contribution in [0, 0.1) is 11.6 Å². The number of nitrogens with one attached hydrogen (secondary N) is 2. The molecule has 1 aromatic heterocycles. The minimum absolute atomic E-state index is 0.0265. The second-order valence-electron chi connectivity index (χ2n) is 4.79. The Hall–Kier alpha value is -1.92. The van der Waals surface area contributed by atoms with Crippen molar-refractivity contribution < 1.29 is 13.6 Å². The van der Waals surface area contributed by atoms with Crippen molar-refractivity contribution >= 4 is 17.5 Å². The molecule has 20 heavy (non-hydrogen) atoms. The van der Waals surface area contributed by atoms with Gasteiger partial charge in [0.15, 0.2) is 23.3 Å². The molecule has 2 rings (SSSR count). The fraction of sp³-hybridized carbons (Fsp3) is 0.538. The van der Waals surface area contributed by atoms with Crippen LogP contribution in [-0.2, 0) is 4.79 Å². The highest BCUT2D eigenvalue weighted by molar-refractivity contribution is 5.73. The molecule has 0 radical (unpaired) electrons. The number of halogens is 2. The van der Waals surface area contributed by atoms with E-state index in [1.165, 1.54) is 6.92 Å². The van der Waals surface area contributed by atoms with Gasteiger partial charge in [-0.15, -0.1) is 0 Å². The minimum atomic E-state index is -0.703.